The summed E-state index contributed by atoms with van der Waals surface area (Å²) in [5, 5.41) is 3.37. The lowest BCUT2D eigenvalue weighted by Gasteiger charge is -2.31. The van der Waals surface area contributed by atoms with Gasteiger partial charge in [0.2, 0.25) is 10.0 Å². The van der Waals surface area contributed by atoms with Crippen LogP contribution in [-0.4, -0.2) is 41.8 Å². The maximum Gasteiger partial charge on any atom is 0.243 e. The highest BCUT2D eigenvalue weighted by Gasteiger charge is 2.29. The van der Waals surface area contributed by atoms with Crippen LogP contribution in [0.25, 0.3) is 0 Å². The second kappa shape index (κ2) is 6.86. The number of anilines is 1. The van der Waals surface area contributed by atoms with Gasteiger partial charge in [0, 0.05) is 25.3 Å². The average Bonchev–Trinajstić information content (AvgIpc) is 2.56. The van der Waals surface area contributed by atoms with Crippen LogP contribution < -0.4 is 5.32 Å². The number of nitrogens with one attached hydrogen (secondary N) is 1. The zero-order valence-electron chi connectivity index (χ0n) is 13.9. The Bertz CT molecular complexity index is 798. The fourth-order valence-corrected chi connectivity index (χ4v) is 4.32. The summed E-state index contributed by atoms with van der Waals surface area (Å²) < 4.78 is 27.0. The first-order valence-electron chi connectivity index (χ1n) is 8.08. The number of aryl methyl sites for hydroxylation is 2. The number of benzene rings is 1. The molecular weight excluding hydrogens is 324 g/mol. The molecule has 1 saturated heterocycles. The molecule has 1 aromatic carbocycles. The van der Waals surface area contributed by atoms with Crippen molar-refractivity contribution in [2.45, 2.75) is 37.6 Å². The molecule has 1 fully saturated rings. The van der Waals surface area contributed by atoms with E-state index in [2.05, 4.69) is 15.3 Å². The third-order valence-electron chi connectivity index (χ3n) is 4.24. The Kier molecular flexibility index (Phi) is 4.82. The number of sulfonamides is 1. The Morgan fingerprint density at radius 1 is 1.08 bits per heavy atom. The summed E-state index contributed by atoms with van der Waals surface area (Å²) in [6.07, 6.45) is 3.24. The molecule has 0 atom stereocenters. The van der Waals surface area contributed by atoms with Gasteiger partial charge in [-0.15, -0.1) is 0 Å². The third kappa shape index (κ3) is 3.73. The first-order valence-corrected chi connectivity index (χ1v) is 9.52. The zero-order valence-corrected chi connectivity index (χ0v) is 14.8. The molecule has 0 saturated carbocycles. The van der Waals surface area contributed by atoms with E-state index in [1.54, 1.807) is 22.6 Å². The molecule has 6 nitrogen and oxygen atoms in total. The molecule has 1 aliphatic rings. The van der Waals surface area contributed by atoms with Crippen LogP contribution in [0.4, 0.5) is 5.82 Å². The Labute approximate surface area is 143 Å². The summed E-state index contributed by atoms with van der Waals surface area (Å²) in [6.45, 7) is 4.82. The molecule has 0 unspecified atom stereocenters. The quantitative estimate of drug-likeness (QED) is 0.920. The topological polar surface area (TPSA) is 75.2 Å². The Morgan fingerprint density at radius 3 is 2.38 bits per heavy atom. The van der Waals surface area contributed by atoms with Gasteiger partial charge in [0.25, 0.3) is 0 Å². The van der Waals surface area contributed by atoms with Gasteiger partial charge in [0.1, 0.15) is 11.6 Å². The van der Waals surface area contributed by atoms with Gasteiger partial charge in [-0.3, -0.25) is 0 Å². The smallest absolute Gasteiger partial charge is 0.243 e. The highest BCUT2D eigenvalue weighted by molar-refractivity contribution is 7.89. The minimum absolute atomic E-state index is 0.226. The number of hydrogen-bond acceptors (Lipinski definition) is 5. The largest absolute Gasteiger partial charge is 0.367 e. The summed E-state index contributed by atoms with van der Waals surface area (Å²) in [5.74, 6) is 1.52. The molecule has 1 aliphatic heterocycles. The van der Waals surface area contributed by atoms with Gasteiger partial charge in [-0.25, -0.2) is 18.4 Å². The zero-order chi connectivity index (χ0) is 17.2. The second-order valence-corrected chi connectivity index (χ2v) is 8.06. The van der Waals surface area contributed by atoms with Crippen LogP contribution in [0.2, 0.25) is 0 Å². The van der Waals surface area contributed by atoms with Crippen molar-refractivity contribution < 1.29 is 8.42 Å². The van der Waals surface area contributed by atoms with Crippen LogP contribution in [0.3, 0.4) is 0 Å². The number of hydrogen-bond donors (Lipinski definition) is 1. The van der Waals surface area contributed by atoms with Gasteiger partial charge in [-0.05, 0) is 44.9 Å². The minimum Gasteiger partial charge on any atom is -0.367 e. The molecule has 3 rings (SSSR count). The summed E-state index contributed by atoms with van der Waals surface area (Å²) in [4.78, 5) is 8.78. The first-order chi connectivity index (χ1) is 11.4. The van der Waals surface area contributed by atoms with Gasteiger partial charge in [-0.1, -0.05) is 17.7 Å². The van der Waals surface area contributed by atoms with Crippen molar-refractivity contribution in [2.75, 3.05) is 18.4 Å². The lowest BCUT2D eigenvalue weighted by atomic mass is 10.1. The molecule has 24 heavy (non-hydrogen) atoms. The van der Waals surface area contributed by atoms with E-state index in [1.807, 2.05) is 32.0 Å². The monoisotopic (exact) mass is 346 g/mol. The molecule has 7 heteroatoms. The van der Waals surface area contributed by atoms with Crippen molar-refractivity contribution >= 4 is 15.8 Å². The van der Waals surface area contributed by atoms with E-state index in [0.717, 1.165) is 30.0 Å². The number of piperidine rings is 1. The van der Waals surface area contributed by atoms with Crippen LogP contribution in [-0.2, 0) is 10.0 Å². The molecule has 2 heterocycles. The van der Waals surface area contributed by atoms with Crippen molar-refractivity contribution in [1.29, 1.82) is 0 Å². The van der Waals surface area contributed by atoms with E-state index in [4.69, 9.17) is 0 Å². The van der Waals surface area contributed by atoms with E-state index >= 15 is 0 Å². The Hall–Kier alpha value is -1.99. The number of aromatic nitrogens is 2. The van der Waals surface area contributed by atoms with Crippen LogP contribution in [0.15, 0.2) is 41.4 Å². The predicted molar refractivity (Wildman–Crippen MR) is 93.4 cm³/mol. The third-order valence-corrected chi connectivity index (χ3v) is 6.15. The van der Waals surface area contributed by atoms with Crippen molar-refractivity contribution in [2.24, 2.45) is 0 Å². The van der Waals surface area contributed by atoms with Gasteiger partial charge >= 0.3 is 0 Å². The van der Waals surface area contributed by atoms with E-state index < -0.39 is 10.0 Å². The fraction of sp³-hybridized carbons (Fsp3) is 0.412. The lowest BCUT2D eigenvalue weighted by Crippen LogP contribution is -2.42. The highest BCUT2D eigenvalue weighted by atomic mass is 32.2. The molecule has 0 amide bonds. The summed E-state index contributed by atoms with van der Waals surface area (Å²) in [6, 6.07) is 9.08. The van der Waals surface area contributed by atoms with Crippen LogP contribution in [0.1, 0.15) is 24.2 Å². The molecule has 0 radical (unpaired) electrons. The first kappa shape index (κ1) is 16.9. The molecule has 2 aromatic rings. The van der Waals surface area contributed by atoms with Crippen LogP contribution in [0, 0.1) is 13.8 Å². The molecule has 128 valence electrons. The van der Waals surface area contributed by atoms with E-state index in [1.165, 1.54) is 0 Å². The van der Waals surface area contributed by atoms with Gasteiger partial charge in [0.15, 0.2) is 0 Å². The van der Waals surface area contributed by atoms with Gasteiger partial charge in [-0.2, -0.15) is 4.31 Å². The Balaban J connectivity index is 1.63. The molecule has 1 N–H and O–H groups in total. The molecule has 0 spiro atoms. The number of rotatable bonds is 4. The van der Waals surface area contributed by atoms with E-state index in [-0.39, 0.29) is 6.04 Å². The number of nitrogens with zero attached hydrogens (tertiary/aromatic N) is 3. The van der Waals surface area contributed by atoms with Crippen molar-refractivity contribution in [3.63, 3.8) is 0 Å². The highest BCUT2D eigenvalue weighted by Crippen LogP contribution is 2.22. The maximum absolute atomic E-state index is 12.7. The molecule has 1 aromatic heterocycles. The van der Waals surface area contributed by atoms with Crippen LogP contribution in [0.5, 0.6) is 0 Å². The average molecular weight is 346 g/mol. The lowest BCUT2D eigenvalue weighted by molar-refractivity contribution is 0.329. The van der Waals surface area contributed by atoms with E-state index in [9.17, 15) is 8.42 Å². The van der Waals surface area contributed by atoms with Crippen molar-refractivity contribution in [1.82, 2.24) is 14.3 Å². The van der Waals surface area contributed by atoms with Crippen molar-refractivity contribution in [3.8, 4) is 0 Å². The second-order valence-electron chi connectivity index (χ2n) is 6.12. The maximum atomic E-state index is 12.7. The van der Waals surface area contributed by atoms with E-state index in [0.29, 0.717) is 18.0 Å². The predicted octanol–water partition coefficient (Wildman–Crippen LogP) is 2.36. The summed E-state index contributed by atoms with van der Waals surface area (Å²) >= 11 is 0. The normalized spacial score (nSPS) is 16.9. The van der Waals surface area contributed by atoms with Gasteiger partial charge in [0.05, 0.1) is 4.90 Å². The SMILES string of the molecule is Cc1ccc(S(=O)(=O)N2CCC(Nc3ccnc(C)n3)CC2)cc1. The molecule has 0 bridgehead atoms. The van der Waals surface area contributed by atoms with Crippen LogP contribution >= 0.6 is 0 Å². The summed E-state index contributed by atoms with van der Waals surface area (Å²) in [7, 11) is -3.40. The van der Waals surface area contributed by atoms with Crippen molar-refractivity contribution in [3.05, 3.63) is 47.9 Å². The van der Waals surface area contributed by atoms with Gasteiger partial charge < -0.3 is 5.32 Å². The fourth-order valence-electron chi connectivity index (χ4n) is 2.85. The molecule has 0 aliphatic carbocycles. The summed E-state index contributed by atoms with van der Waals surface area (Å²) in [5.41, 5.74) is 1.05. The Morgan fingerprint density at radius 2 is 1.75 bits per heavy atom. The standard InChI is InChI=1S/C17H22N4O2S/c1-13-3-5-16(6-4-13)24(22,23)21-11-8-15(9-12-21)20-17-7-10-18-14(2)19-17/h3-7,10,15H,8-9,11-12H2,1-2H3,(H,18,19,20). The minimum atomic E-state index is -3.40. The molecular formula is C17H22N4O2S.